The number of nitrogens with one attached hydrogen (secondary N) is 1. The van der Waals surface area contributed by atoms with E-state index in [1.54, 1.807) is 25.3 Å². The summed E-state index contributed by atoms with van der Waals surface area (Å²) in [4.78, 5) is 0. The monoisotopic (exact) mass is 234 g/mol. The smallest absolute Gasteiger partial charge is 0.121 e. The number of aliphatic hydroxyl groups excluding tert-OH is 1. The summed E-state index contributed by atoms with van der Waals surface area (Å²) >= 11 is 0. The molecule has 0 radical (unpaired) electrons. The number of nitrogens with zero attached hydrogens (tertiary/aromatic N) is 1. The number of methoxy groups -OCH3 is 1. The van der Waals surface area contributed by atoms with E-state index in [2.05, 4.69) is 11.4 Å². The summed E-state index contributed by atoms with van der Waals surface area (Å²) in [5.41, 5.74) is 1.02. The Bertz CT molecular complexity index is 422. The van der Waals surface area contributed by atoms with Gasteiger partial charge in [0.05, 0.1) is 18.4 Å². The molecular formula is C13H18N2O2. The number of nitriles is 1. The van der Waals surface area contributed by atoms with Crippen molar-refractivity contribution in [2.75, 3.05) is 19.0 Å². The lowest BCUT2D eigenvalue weighted by Gasteiger charge is -2.27. The fourth-order valence-corrected chi connectivity index (χ4v) is 1.56. The summed E-state index contributed by atoms with van der Waals surface area (Å²) in [6.07, 6.45) is 0.606. The second kappa shape index (κ2) is 5.55. The zero-order valence-electron chi connectivity index (χ0n) is 10.4. The van der Waals surface area contributed by atoms with Gasteiger partial charge in [-0.1, -0.05) is 0 Å². The van der Waals surface area contributed by atoms with Crippen LogP contribution in [0.2, 0.25) is 0 Å². The van der Waals surface area contributed by atoms with Crippen molar-refractivity contribution in [1.29, 1.82) is 5.26 Å². The molecule has 0 unspecified atom stereocenters. The Hall–Kier alpha value is -1.73. The summed E-state index contributed by atoms with van der Waals surface area (Å²) in [7, 11) is 1.59. The van der Waals surface area contributed by atoms with E-state index in [0.717, 1.165) is 5.69 Å². The molecule has 1 aromatic rings. The highest BCUT2D eigenvalue weighted by Gasteiger charge is 2.18. The summed E-state index contributed by atoms with van der Waals surface area (Å²) in [6, 6.07) is 7.39. The van der Waals surface area contributed by atoms with E-state index in [1.807, 2.05) is 13.8 Å². The SMILES string of the molecule is COc1ccc(C#N)c(NC(C)(C)CCO)c1. The molecule has 4 heteroatoms. The summed E-state index contributed by atoms with van der Waals surface area (Å²) in [6.45, 7) is 4.06. The molecule has 1 aromatic carbocycles. The molecule has 4 nitrogen and oxygen atoms in total. The molecular weight excluding hydrogens is 216 g/mol. The van der Waals surface area contributed by atoms with E-state index in [0.29, 0.717) is 17.7 Å². The second-order valence-electron chi connectivity index (χ2n) is 4.51. The molecule has 0 heterocycles. The van der Waals surface area contributed by atoms with Gasteiger partial charge in [0, 0.05) is 18.2 Å². The maximum Gasteiger partial charge on any atom is 0.121 e. The lowest BCUT2D eigenvalue weighted by atomic mass is 10.00. The predicted octanol–water partition coefficient (Wildman–Crippen LogP) is 2.14. The van der Waals surface area contributed by atoms with Gasteiger partial charge in [-0.25, -0.2) is 0 Å². The Morgan fingerprint density at radius 2 is 2.18 bits per heavy atom. The van der Waals surface area contributed by atoms with Gasteiger partial charge in [0.25, 0.3) is 0 Å². The van der Waals surface area contributed by atoms with Crippen LogP contribution in [0.4, 0.5) is 5.69 Å². The standard InChI is InChI=1S/C13H18N2O2/c1-13(2,6-7-16)15-12-8-11(17-3)5-4-10(12)9-14/h4-5,8,15-16H,6-7H2,1-3H3. The highest BCUT2D eigenvalue weighted by Crippen LogP contribution is 2.25. The van der Waals surface area contributed by atoms with Crippen molar-refractivity contribution in [3.05, 3.63) is 23.8 Å². The third kappa shape index (κ3) is 3.65. The van der Waals surface area contributed by atoms with Crippen molar-refractivity contribution < 1.29 is 9.84 Å². The van der Waals surface area contributed by atoms with Crippen LogP contribution in [0.3, 0.4) is 0 Å². The molecule has 0 saturated heterocycles. The Balaban J connectivity index is 3.00. The van der Waals surface area contributed by atoms with Crippen LogP contribution >= 0.6 is 0 Å². The van der Waals surface area contributed by atoms with E-state index in [9.17, 15) is 0 Å². The summed E-state index contributed by atoms with van der Waals surface area (Å²) in [5.74, 6) is 0.700. The van der Waals surface area contributed by atoms with E-state index < -0.39 is 0 Å². The molecule has 2 N–H and O–H groups in total. The third-order valence-electron chi connectivity index (χ3n) is 2.56. The maximum absolute atomic E-state index is 9.03. The van der Waals surface area contributed by atoms with Gasteiger partial charge in [0.2, 0.25) is 0 Å². The molecule has 0 amide bonds. The van der Waals surface area contributed by atoms with Gasteiger partial charge >= 0.3 is 0 Å². The molecule has 0 spiro atoms. The first-order valence-electron chi connectivity index (χ1n) is 5.49. The number of hydrogen-bond acceptors (Lipinski definition) is 4. The van der Waals surface area contributed by atoms with Crippen LogP contribution in [0.5, 0.6) is 5.75 Å². The third-order valence-corrected chi connectivity index (χ3v) is 2.56. The molecule has 0 bridgehead atoms. The number of hydrogen-bond donors (Lipinski definition) is 2. The molecule has 92 valence electrons. The van der Waals surface area contributed by atoms with Crippen molar-refractivity contribution in [3.63, 3.8) is 0 Å². The normalized spacial score (nSPS) is 10.8. The van der Waals surface area contributed by atoms with E-state index in [1.165, 1.54) is 0 Å². The molecule has 17 heavy (non-hydrogen) atoms. The van der Waals surface area contributed by atoms with E-state index in [4.69, 9.17) is 15.1 Å². The number of anilines is 1. The molecule has 0 aliphatic rings. The van der Waals surface area contributed by atoms with Gasteiger partial charge in [-0.2, -0.15) is 5.26 Å². The molecule has 1 rings (SSSR count). The van der Waals surface area contributed by atoms with Gasteiger partial charge in [-0.3, -0.25) is 0 Å². The van der Waals surface area contributed by atoms with Crippen molar-refractivity contribution in [2.24, 2.45) is 0 Å². The van der Waals surface area contributed by atoms with Crippen molar-refractivity contribution in [2.45, 2.75) is 25.8 Å². The van der Waals surface area contributed by atoms with Gasteiger partial charge in [0.15, 0.2) is 0 Å². The zero-order chi connectivity index (χ0) is 12.9. The molecule has 0 atom stereocenters. The Kier molecular flexibility index (Phi) is 4.36. The number of rotatable bonds is 5. The fourth-order valence-electron chi connectivity index (χ4n) is 1.56. The van der Waals surface area contributed by atoms with Crippen LogP contribution in [0.15, 0.2) is 18.2 Å². The maximum atomic E-state index is 9.03. The first-order chi connectivity index (χ1) is 8.02. The van der Waals surface area contributed by atoms with Gasteiger partial charge in [-0.05, 0) is 32.4 Å². The molecule has 0 aromatic heterocycles. The molecule has 0 fully saturated rings. The summed E-state index contributed by atoms with van der Waals surface area (Å²) in [5, 5.41) is 21.3. The molecule has 0 saturated carbocycles. The molecule has 0 aliphatic carbocycles. The zero-order valence-corrected chi connectivity index (χ0v) is 10.4. The number of benzene rings is 1. The van der Waals surface area contributed by atoms with Crippen molar-refractivity contribution in [1.82, 2.24) is 0 Å². The number of aliphatic hydroxyl groups is 1. The first-order valence-corrected chi connectivity index (χ1v) is 5.49. The lowest BCUT2D eigenvalue weighted by Crippen LogP contribution is -2.32. The van der Waals surface area contributed by atoms with Gasteiger partial charge < -0.3 is 15.2 Å². The minimum Gasteiger partial charge on any atom is -0.497 e. The van der Waals surface area contributed by atoms with Gasteiger partial charge in [-0.15, -0.1) is 0 Å². The Labute approximate surface area is 102 Å². The van der Waals surface area contributed by atoms with Crippen LogP contribution in [-0.2, 0) is 0 Å². The van der Waals surface area contributed by atoms with Crippen LogP contribution in [0, 0.1) is 11.3 Å². The van der Waals surface area contributed by atoms with Gasteiger partial charge in [0.1, 0.15) is 11.8 Å². The Morgan fingerprint density at radius 3 is 2.71 bits per heavy atom. The Morgan fingerprint density at radius 1 is 1.47 bits per heavy atom. The molecule has 0 aliphatic heterocycles. The topological polar surface area (TPSA) is 65.3 Å². The van der Waals surface area contributed by atoms with Crippen molar-refractivity contribution >= 4 is 5.69 Å². The van der Waals surface area contributed by atoms with Crippen LogP contribution in [-0.4, -0.2) is 24.4 Å². The highest BCUT2D eigenvalue weighted by atomic mass is 16.5. The quantitative estimate of drug-likeness (QED) is 0.819. The van der Waals surface area contributed by atoms with E-state index in [-0.39, 0.29) is 12.1 Å². The first kappa shape index (κ1) is 13.3. The minimum absolute atomic E-state index is 0.103. The second-order valence-corrected chi connectivity index (χ2v) is 4.51. The van der Waals surface area contributed by atoms with Crippen LogP contribution < -0.4 is 10.1 Å². The summed E-state index contributed by atoms with van der Waals surface area (Å²) < 4.78 is 5.13. The largest absolute Gasteiger partial charge is 0.497 e. The van der Waals surface area contributed by atoms with E-state index >= 15 is 0 Å². The lowest BCUT2D eigenvalue weighted by molar-refractivity contribution is 0.261. The van der Waals surface area contributed by atoms with Crippen molar-refractivity contribution in [3.8, 4) is 11.8 Å². The van der Waals surface area contributed by atoms with Crippen LogP contribution in [0.1, 0.15) is 25.8 Å². The van der Waals surface area contributed by atoms with Crippen LogP contribution in [0.25, 0.3) is 0 Å². The fraction of sp³-hybridized carbons (Fsp3) is 0.462. The number of ether oxygens (including phenoxy) is 1. The highest BCUT2D eigenvalue weighted by molar-refractivity contribution is 5.61. The average molecular weight is 234 g/mol. The minimum atomic E-state index is -0.271. The average Bonchev–Trinajstić information content (AvgIpc) is 2.28. The predicted molar refractivity (Wildman–Crippen MR) is 67.1 cm³/mol.